The number of halogens is 2. The summed E-state index contributed by atoms with van der Waals surface area (Å²) in [5.74, 6) is -1.97. The van der Waals surface area contributed by atoms with Crippen LogP contribution in [0.3, 0.4) is 0 Å². The normalized spacial score (nSPS) is 17.9. The molecule has 56 heavy (non-hydrogen) atoms. The van der Waals surface area contributed by atoms with Crippen molar-refractivity contribution < 1.29 is 32.6 Å². The number of hydrogen-bond donors (Lipinski definition) is 2. The summed E-state index contributed by atoms with van der Waals surface area (Å²) < 4.78 is 38.3. The van der Waals surface area contributed by atoms with Crippen LogP contribution in [0.15, 0.2) is 89.9 Å². The Morgan fingerprint density at radius 1 is 0.893 bits per heavy atom. The molecule has 6 rings (SSSR count). The molecule has 0 spiro atoms. The Balaban J connectivity index is 0.000000187. The molecular formula is C46H57F2N3O5. The third kappa shape index (κ3) is 13.9. The predicted octanol–water partition coefficient (Wildman–Crippen LogP) is 10.3. The maximum absolute atomic E-state index is 13.5. The molecule has 0 saturated heterocycles. The van der Waals surface area contributed by atoms with E-state index < -0.39 is 17.9 Å². The van der Waals surface area contributed by atoms with Crippen LogP contribution in [0.1, 0.15) is 95.8 Å². The molecular weight excluding hydrogens is 713 g/mol. The average Bonchev–Trinajstić information content (AvgIpc) is 3.66. The van der Waals surface area contributed by atoms with Crippen LogP contribution in [-0.2, 0) is 26.7 Å². The molecule has 2 fully saturated rings. The van der Waals surface area contributed by atoms with Crippen molar-refractivity contribution in [1.82, 2.24) is 5.32 Å². The Morgan fingerprint density at radius 2 is 1.50 bits per heavy atom. The summed E-state index contributed by atoms with van der Waals surface area (Å²) in [6.45, 7) is 9.77. The fourth-order valence-electron chi connectivity index (χ4n) is 6.74. The average molecular weight is 770 g/mol. The third-order valence-electron chi connectivity index (χ3n) is 9.94. The maximum Gasteiger partial charge on any atom is 0.407 e. The molecule has 2 amide bonds. The number of ether oxygens (including phenoxy) is 2. The van der Waals surface area contributed by atoms with E-state index in [0.717, 1.165) is 70.9 Å². The van der Waals surface area contributed by atoms with E-state index >= 15 is 0 Å². The van der Waals surface area contributed by atoms with Crippen LogP contribution < -0.4 is 15.8 Å². The lowest BCUT2D eigenvalue weighted by Crippen LogP contribution is -2.45. The minimum absolute atomic E-state index is 0.129. The molecule has 0 aliphatic heterocycles. The smallest absolute Gasteiger partial charge is 0.407 e. The van der Waals surface area contributed by atoms with Crippen molar-refractivity contribution >= 4 is 34.8 Å². The van der Waals surface area contributed by atoms with E-state index in [1.54, 1.807) is 12.1 Å². The van der Waals surface area contributed by atoms with Crippen LogP contribution >= 0.6 is 0 Å². The van der Waals surface area contributed by atoms with E-state index in [1.807, 2.05) is 89.3 Å². The topological polar surface area (TPSA) is 120 Å². The van der Waals surface area contributed by atoms with Crippen molar-refractivity contribution in [1.29, 1.82) is 0 Å². The first-order valence-electron chi connectivity index (χ1n) is 19.5. The van der Waals surface area contributed by atoms with Gasteiger partial charge >= 0.3 is 6.09 Å². The number of hydrogen-bond acceptors (Lipinski definition) is 6. The number of alkyl carbamates (subject to hydrolysis) is 1. The van der Waals surface area contributed by atoms with Crippen LogP contribution in [-0.4, -0.2) is 48.8 Å². The number of alkyl halides is 2. The molecule has 2 aliphatic rings. The number of fused-ring (bicyclic) bond motifs is 1. The number of nitrogens with zero attached hydrogens (tertiary/aromatic N) is 1. The first-order valence-corrected chi connectivity index (χ1v) is 19.5. The van der Waals surface area contributed by atoms with E-state index in [4.69, 9.17) is 15.2 Å². The minimum Gasteiger partial charge on any atom is -0.490 e. The van der Waals surface area contributed by atoms with Crippen molar-refractivity contribution in [3.8, 4) is 16.9 Å². The maximum atomic E-state index is 13.5. The highest BCUT2D eigenvalue weighted by Gasteiger charge is 2.31. The van der Waals surface area contributed by atoms with Gasteiger partial charge in [0.15, 0.2) is 0 Å². The lowest BCUT2D eigenvalue weighted by molar-refractivity contribution is -0.117. The van der Waals surface area contributed by atoms with Gasteiger partial charge in [0.05, 0.1) is 18.9 Å². The number of nitrogens with one attached hydrogen (secondary N) is 1. The minimum atomic E-state index is -3.09. The summed E-state index contributed by atoms with van der Waals surface area (Å²) in [7, 11) is 1.82. The van der Waals surface area contributed by atoms with Gasteiger partial charge in [0, 0.05) is 30.8 Å². The van der Waals surface area contributed by atoms with E-state index in [9.17, 15) is 23.2 Å². The molecule has 0 radical (unpaired) electrons. The number of carbonyl (C=O) groups excluding carboxylic acids is 3. The van der Waals surface area contributed by atoms with Gasteiger partial charge in [-0.15, -0.1) is 0 Å². The molecule has 4 aromatic carbocycles. The second-order valence-corrected chi connectivity index (χ2v) is 15.8. The zero-order chi connectivity index (χ0) is 40.9. The van der Waals surface area contributed by atoms with Crippen molar-refractivity contribution in [2.45, 2.75) is 116 Å². The fourth-order valence-corrected chi connectivity index (χ4v) is 6.74. The summed E-state index contributed by atoms with van der Waals surface area (Å²) >= 11 is 0. The Hall–Kier alpha value is -5.12. The van der Waals surface area contributed by atoms with Crippen molar-refractivity contribution in [2.24, 2.45) is 16.6 Å². The Bertz CT molecular complexity index is 1930. The van der Waals surface area contributed by atoms with E-state index in [-0.39, 0.29) is 36.3 Å². The molecule has 0 heterocycles. The molecule has 2 aliphatic carbocycles. The standard InChI is InChI=1S/C17H19NO2.C16H14F2O.C13H24N2O2/c18-17(19)10-12-5-6-14-11-16(8-7-13(14)9-12)20-15-3-1-2-4-15;1-12-2-4-13(5-3-12)14-6-8-15(9-7-14)16(17,18)10-11-19;1-9-6-7-10(14-5)8-11(9)15-12(16)17-13(2,3)4/h5-9,11,15H,1-4,10H2,(H2,18,19);2-9,11H,10H2,1H3;9,11H,6-8H2,1-5H3,(H,15,16). The van der Waals surface area contributed by atoms with Gasteiger partial charge in [-0.05, 0) is 112 Å². The highest BCUT2D eigenvalue weighted by molar-refractivity contribution is 5.87. The van der Waals surface area contributed by atoms with Gasteiger partial charge < -0.3 is 25.3 Å². The molecule has 4 aromatic rings. The van der Waals surface area contributed by atoms with Gasteiger partial charge in [-0.1, -0.05) is 85.3 Å². The number of aldehydes is 1. The lowest BCUT2D eigenvalue weighted by Gasteiger charge is -2.31. The zero-order valence-electron chi connectivity index (χ0n) is 33.6. The fraction of sp³-hybridized carbons (Fsp3) is 0.435. The van der Waals surface area contributed by atoms with Gasteiger partial charge in [0.1, 0.15) is 17.6 Å². The van der Waals surface area contributed by atoms with Crippen LogP contribution in [0, 0.1) is 12.8 Å². The van der Waals surface area contributed by atoms with Gasteiger partial charge in [-0.2, -0.15) is 0 Å². The van der Waals surface area contributed by atoms with Gasteiger partial charge in [0.2, 0.25) is 5.91 Å². The second-order valence-electron chi connectivity index (χ2n) is 15.8. The highest BCUT2D eigenvalue weighted by Crippen LogP contribution is 2.32. The first kappa shape index (κ1) is 43.6. The van der Waals surface area contributed by atoms with Crippen LogP contribution in [0.2, 0.25) is 0 Å². The first-order chi connectivity index (χ1) is 26.5. The molecule has 2 saturated carbocycles. The second kappa shape index (κ2) is 20.2. The summed E-state index contributed by atoms with van der Waals surface area (Å²) in [6.07, 6.45) is 7.64. The number of primary amides is 1. The van der Waals surface area contributed by atoms with Crippen LogP contribution in [0.4, 0.5) is 13.6 Å². The summed E-state index contributed by atoms with van der Waals surface area (Å²) in [5, 5.41) is 5.19. The predicted molar refractivity (Wildman–Crippen MR) is 220 cm³/mol. The SMILES string of the molecule is CN=C1CCC(C)C(NC(=O)OC(C)(C)C)C1.Cc1ccc(-c2ccc(C(F)(F)CC=O)cc2)cc1.NC(=O)Cc1ccc2cc(OC3CCCC3)ccc2c1. The van der Waals surface area contributed by atoms with E-state index in [0.29, 0.717) is 12.0 Å². The van der Waals surface area contributed by atoms with Gasteiger partial charge in [0.25, 0.3) is 5.92 Å². The quantitative estimate of drug-likeness (QED) is 0.164. The number of nitrogens with two attached hydrogens (primary N) is 1. The summed E-state index contributed by atoms with van der Waals surface area (Å²) in [4.78, 5) is 37.1. The number of benzene rings is 4. The molecule has 0 aromatic heterocycles. The van der Waals surface area contributed by atoms with E-state index in [2.05, 4.69) is 23.3 Å². The number of amides is 2. The Morgan fingerprint density at radius 3 is 2.09 bits per heavy atom. The van der Waals surface area contributed by atoms with Gasteiger partial charge in [-0.3, -0.25) is 9.79 Å². The van der Waals surface area contributed by atoms with Gasteiger partial charge in [-0.25, -0.2) is 13.6 Å². The molecule has 3 N–H and O–H groups in total. The number of aliphatic imine (C=N–C) groups is 1. The zero-order valence-corrected chi connectivity index (χ0v) is 33.6. The number of aryl methyl sites for hydroxylation is 1. The number of carbonyl (C=O) groups is 3. The molecule has 0 bridgehead atoms. The molecule has 300 valence electrons. The largest absolute Gasteiger partial charge is 0.490 e. The molecule has 10 heteroatoms. The van der Waals surface area contributed by atoms with Crippen molar-refractivity contribution in [2.75, 3.05) is 7.05 Å². The Kier molecular flexibility index (Phi) is 15.7. The van der Waals surface area contributed by atoms with Crippen LogP contribution in [0.25, 0.3) is 21.9 Å². The summed E-state index contributed by atoms with van der Waals surface area (Å²) in [5.41, 5.74) is 9.81. The third-order valence-corrected chi connectivity index (χ3v) is 9.94. The van der Waals surface area contributed by atoms with Crippen molar-refractivity contribution in [3.05, 3.63) is 102 Å². The molecule has 2 atom stereocenters. The van der Waals surface area contributed by atoms with E-state index in [1.165, 1.54) is 30.7 Å². The van der Waals surface area contributed by atoms with Crippen LogP contribution in [0.5, 0.6) is 5.75 Å². The van der Waals surface area contributed by atoms with Crippen molar-refractivity contribution in [3.63, 3.8) is 0 Å². The monoisotopic (exact) mass is 769 g/mol. The Labute approximate surface area is 330 Å². The summed E-state index contributed by atoms with van der Waals surface area (Å²) in [6, 6.07) is 26.2. The highest BCUT2D eigenvalue weighted by atomic mass is 19.3. The number of rotatable bonds is 9. The molecule has 8 nitrogen and oxygen atoms in total. The molecule has 2 unspecified atom stereocenters. The lowest BCUT2D eigenvalue weighted by atomic mass is 9.84.